The number of hydrogen-bond acceptors (Lipinski definition) is 4. The maximum Gasteiger partial charge on any atom is 0.204 e. The molecular weight excluding hydrogens is 232 g/mol. The van der Waals surface area contributed by atoms with E-state index in [4.69, 9.17) is 20.6 Å². The van der Waals surface area contributed by atoms with Gasteiger partial charge in [0.25, 0.3) is 0 Å². The molecule has 0 aliphatic heterocycles. The number of ketones is 1. The van der Waals surface area contributed by atoms with Crippen LogP contribution in [0.3, 0.4) is 0 Å². The van der Waals surface area contributed by atoms with Gasteiger partial charge in [0.1, 0.15) is 0 Å². The van der Waals surface area contributed by atoms with Gasteiger partial charge in [-0.2, -0.15) is 0 Å². The summed E-state index contributed by atoms with van der Waals surface area (Å²) in [5, 5.41) is 0. The Hall–Kier alpha value is -2.15. The molecule has 0 unspecified atom stereocenters. The lowest BCUT2D eigenvalue weighted by molar-refractivity contribution is 0.0980. The minimum Gasteiger partial charge on any atom is -0.493 e. The predicted octanol–water partition coefficient (Wildman–Crippen LogP) is 2.31. The Morgan fingerprint density at radius 3 is 2.33 bits per heavy atom. The Balaban J connectivity index is 3.21. The molecule has 0 aliphatic carbocycles. The highest BCUT2D eigenvalue weighted by molar-refractivity contribution is 6.00. The molecule has 0 aromatic heterocycles. The smallest absolute Gasteiger partial charge is 0.204 e. The zero-order valence-electron chi connectivity index (χ0n) is 10.8. The van der Waals surface area contributed by atoms with Crippen LogP contribution in [0.4, 0.5) is 0 Å². The molecule has 0 spiro atoms. The Bertz CT molecular complexity index is 471. The number of carbonyl (C=O) groups excluding carboxylic acids is 1. The van der Waals surface area contributed by atoms with Crippen LogP contribution in [0.5, 0.6) is 17.2 Å². The summed E-state index contributed by atoms with van der Waals surface area (Å²) in [6, 6.07) is 3.32. The molecule has 1 aromatic carbocycles. The number of Topliss-reactive ketones (excluding diaryl/α,β-unsaturated/α-hetero) is 1. The van der Waals surface area contributed by atoms with Crippen molar-refractivity contribution in [3.63, 3.8) is 0 Å². The third-order valence-electron chi connectivity index (χ3n) is 2.50. The summed E-state index contributed by atoms with van der Waals surface area (Å²) in [4.78, 5) is 12.0. The van der Waals surface area contributed by atoms with Crippen LogP contribution in [0.25, 0.3) is 0 Å². The molecule has 96 valence electrons. The van der Waals surface area contributed by atoms with Crippen LogP contribution in [-0.4, -0.2) is 27.1 Å². The molecule has 18 heavy (non-hydrogen) atoms. The fourth-order valence-corrected chi connectivity index (χ4v) is 1.64. The van der Waals surface area contributed by atoms with Crippen molar-refractivity contribution >= 4 is 5.78 Å². The summed E-state index contributed by atoms with van der Waals surface area (Å²) in [6.45, 7) is 0. The van der Waals surface area contributed by atoms with Crippen molar-refractivity contribution in [1.29, 1.82) is 0 Å². The summed E-state index contributed by atoms with van der Waals surface area (Å²) >= 11 is 0. The maximum absolute atomic E-state index is 12.0. The standard InChI is InChI=1S/C14H16O4/c1-5-6-7-11(15)10-8-9-12(16-2)14(18-4)13(10)17-3/h1,8-9H,6-7H2,2-4H3. The number of benzene rings is 1. The van der Waals surface area contributed by atoms with Crippen LogP contribution in [0.2, 0.25) is 0 Å². The molecule has 0 saturated carbocycles. The van der Waals surface area contributed by atoms with Crippen molar-refractivity contribution < 1.29 is 19.0 Å². The van der Waals surface area contributed by atoms with E-state index in [9.17, 15) is 4.79 Å². The largest absolute Gasteiger partial charge is 0.493 e. The Morgan fingerprint density at radius 1 is 1.17 bits per heavy atom. The van der Waals surface area contributed by atoms with E-state index >= 15 is 0 Å². The fraction of sp³-hybridized carbons (Fsp3) is 0.357. The third kappa shape index (κ3) is 2.75. The molecule has 4 heteroatoms. The Kier molecular flexibility index (Phi) is 5.06. The SMILES string of the molecule is C#CCCC(=O)c1ccc(OC)c(OC)c1OC. The molecular formula is C14H16O4. The van der Waals surface area contributed by atoms with Gasteiger partial charge in [0, 0.05) is 12.8 Å². The number of terminal acetylenes is 1. The molecule has 0 aliphatic rings. The van der Waals surface area contributed by atoms with Crippen LogP contribution in [0.15, 0.2) is 12.1 Å². The molecule has 0 fully saturated rings. The van der Waals surface area contributed by atoms with E-state index in [1.54, 1.807) is 12.1 Å². The zero-order valence-corrected chi connectivity index (χ0v) is 10.8. The van der Waals surface area contributed by atoms with E-state index in [0.717, 1.165) is 0 Å². The van der Waals surface area contributed by atoms with Gasteiger partial charge in [0.15, 0.2) is 17.3 Å². The zero-order chi connectivity index (χ0) is 13.5. The van der Waals surface area contributed by atoms with Gasteiger partial charge in [0.05, 0.1) is 26.9 Å². The van der Waals surface area contributed by atoms with Gasteiger partial charge >= 0.3 is 0 Å². The fourth-order valence-electron chi connectivity index (χ4n) is 1.64. The summed E-state index contributed by atoms with van der Waals surface area (Å²) in [5.74, 6) is 3.66. The van der Waals surface area contributed by atoms with Crippen molar-refractivity contribution in [1.82, 2.24) is 0 Å². The highest BCUT2D eigenvalue weighted by Crippen LogP contribution is 2.40. The van der Waals surface area contributed by atoms with Crippen LogP contribution < -0.4 is 14.2 Å². The molecule has 1 rings (SSSR count). The second-order valence-electron chi connectivity index (χ2n) is 3.51. The first kappa shape index (κ1) is 13.9. The van der Waals surface area contributed by atoms with E-state index in [1.165, 1.54) is 21.3 Å². The molecule has 0 saturated heterocycles. The monoisotopic (exact) mass is 248 g/mol. The number of methoxy groups -OCH3 is 3. The van der Waals surface area contributed by atoms with Crippen molar-refractivity contribution in [3.8, 4) is 29.6 Å². The van der Waals surface area contributed by atoms with Gasteiger partial charge in [-0.05, 0) is 12.1 Å². The van der Waals surface area contributed by atoms with Gasteiger partial charge in [-0.15, -0.1) is 12.3 Å². The molecule has 0 heterocycles. The lowest BCUT2D eigenvalue weighted by Gasteiger charge is -2.14. The first-order chi connectivity index (χ1) is 8.69. The lowest BCUT2D eigenvalue weighted by Crippen LogP contribution is -2.04. The molecule has 4 nitrogen and oxygen atoms in total. The van der Waals surface area contributed by atoms with Crippen molar-refractivity contribution in [3.05, 3.63) is 17.7 Å². The highest BCUT2D eigenvalue weighted by atomic mass is 16.5. The summed E-state index contributed by atoms with van der Waals surface area (Å²) in [5.41, 5.74) is 0.449. The molecule has 0 radical (unpaired) electrons. The molecule has 1 aromatic rings. The summed E-state index contributed by atoms with van der Waals surface area (Å²) < 4.78 is 15.6. The van der Waals surface area contributed by atoms with Crippen LogP contribution in [0, 0.1) is 12.3 Å². The molecule has 0 amide bonds. The molecule has 0 atom stereocenters. The summed E-state index contributed by atoms with van der Waals surface area (Å²) in [7, 11) is 4.50. The minimum atomic E-state index is -0.0780. The number of hydrogen-bond donors (Lipinski definition) is 0. The lowest BCUT2D eigenvalue weighted by atomic mass is 10.0. The first-order valence-corrected chi connectivity index (χ1v) is 5.45. The quantitative estimate of drug-likeness (QED) is 0.572. The maximum atomic E-state index is 12.0. The van der Waals surface area contributed by atoms with Gasteiger partial charge in [-0.1, -0.05) is 0 Å². The van der Waals surface area contributed by atoms with E-state index in [0.29, 0.717) is 29.2 Å². The van der Waals surface area contributed by atoms with E-state index in [1.807, 2.05) is 0 Å². The van der Waals surface area contributed by atoms with Crippen LogP contribution >= 0.6 is 0 Å². The average molecular weight is 248 g/mol. The van der Waals surface area contributed by atoms with Crippen molar-refractivity contribution in [2.45, 2.75) is 12.8 Å². The van der Waals surface area contributed by atoms with E-state index in [-0.39, 0.29) is 12.2 Å². The molecule has 0 N–H and O–H groups in total. The van der Waals surface area contributed by atoms with E-state index < -0.39 is 0 Å². The topological polar surface area (TPSA) is 44.8 Å². The second kappa shape index (κ2) is 6.55. The average Bonchev–Trinajstić information content (AvgIpc) is 2.42. The van der Waals surface area contributed by atoms with Gasteiger partial charge in [-0.25, -0.2) is 0 Å². The number of carbonyl (C=O) groups is 1. The van der Waals surface area contributed by atoms with E-state index in [2.05, 4.69) is 5.92 Å². The number of ether oxygens (including phenoxy) is 3. The number of rotatable bonds is 6. The second-order valence-corrected chi connectivity index (χ2v) is 3.51. The predicted molar refractivity (Wildman–Crippen MR) is 68.5 cm³/mol. The van der Waals surface area contributed by atoms with Crippen molar-refractivity contribution in [2.24, 2.45) is 0 Å². The van der Waals surface area contributed by atoms with Crippen LogP contribution in [-0.2, 0) is 0 Å². The Labute approximate surface area is 107 Å². The van der Waals surface area contributed by atoms with Gasteiger partial charge < -0.3 is 14.2 Å². The highest BCUT2D eigenvalue weighted by Gasteiger charge is 2.19. The third-order valence-corrected chi connectivity index (χ3v) is 2.50. The van der Waals surface area contributed by atoms with Crippen LogP contribution in [0.1, 0.15) is 23.2 Å². The summed E-state index contributed by atoms with van der Waals surface area (Å²) in [6.07, 6.45) is 5.83. The normalized spacial score (nSPS) is 9.44. The molecule has 0 bridgehead atoms. The Morgan fingerprint density at radius 2 is 1.83 bits per heavy atom. The van der Waals surface area contributed by atoms with Crippen molar-refractivity contribution in [2.75, 3.05) is 21.3 Å². The minimum absolute atomic E-state index is 0.0780. The first-order valence-electron chi connectivity index (χ1n) is 5.45. The van der Waals surface area contributed by atoms with Gasteiger partial charge in [0.2, 0.25) is 5.75 Å². The van der Waals surface area contributed by atoms with Gasteiger partial charge in [-0.3, -0.25) is 4.79 Å².